The Balaban J connectivity index is 1.89. The summed E-state index contributed by atoms with van der Waals surface area (Å²) in [6.07, 6.45) is -0.0558. The molecule has 1 fully saturated rings. The number of terminal acetylenes is 1. The van der Waals surface area contributed by atoms with Crippen molar-refractivity contribution in [3.63, 3.8) is 0 Å². The predicted molar refractivity (Wildman–Crippen MR) is 90.8 cm³/mol. The number of ether oxygens (including phenoxy) is 1. The fraction of sp³-hybridized carbons (Fsp3) is 0.529. The molecule has 25 heavy (non-hydrogen) atoms. The largest absolute Gasteiger partial charge is 0.417 e. The smallest absolute Gasteiger partial charge is 0.389 e. The molecule has 0 radical (unpaired) electrons. The molecule has 2 rings (SSSR count). The van der Waals surface area contributed by atoms with Crippen LogP contribution in [0.2, 0.25) is 5.02 Å². The summed E-state index contributed by atoms with van der Waals surface area (Å²) in [5.74, 6) is 2.33. The Morgan fingerprint density at radius 3 is 2.56 bits per heavy atom. The Morgan fingerprint density at radius 2 is 1.96 bits per heavy atom. The highest BCUT2D eigenvalue weighted by Crippen LogP contribution is 2.37. The number of benzene rings is 1. The third-order valence-corrected chi connectivity index (χ3v) is 4.29. The summed E-state index contributed by atoms with van der Waals surface area (Å²) in [5, 5.41) is 9.58. The molecule has 0 bridgehead atoms. The Kier molecular flexibility index (Phi) is 6.96. The van der Waals surface area contributed by atoms with E-state index in [1.807, 2.05) is 9.80 Å². The van der Waals surface area contributed by atoms with Gasteiger partial charge in [0.05, 0.1) is 23.3 Å². The minimum absolute atomic E-state index is 0.156. The number of alkyl halides is 3. The molecule has 1 aliphatic rings. The summed E-state index contributed by atoms with van der Waals surface area (Å²) >= 11 is 5.65. The molecule has 1 heterocycles. The average Bonchev–Trinajstić information content (AvgIpc) is 2.55. The Bertz CT molecular complexity index is 611. The number of halogens is 4. The van der Waals surface area contributed by atoms with E-state index in [1.165, 1.54) is 6.07 Å². The average molecular weight is 377 g/mol. The Labute approximate surface area is 150 Å². The minimum Gasteiger partial charge on any atom is -0.389 e. The van der Waals surface area contributed by atoms with Crippen molar-refractivity contribution in [3.05, 3.63) is 28.8 Å². The minimum atomic E-state index is -4.47. The van der Waals surface area contributed by atoms with Crippen LogP contribution in [0.15, 0.2) is 18.2 Å². The first-order chi connectivity index (χ1) is 11.8. The van der Waals surface area contributed by atoms with Crippen molar-refractivity contribution in [1.82, 2.24) is 4.90 Å². The second kappa shape index (κ2) is 8.77. The van der Waals surface area contributed by atoms with Gasteiger partial charge in [0.2, 0.25) is 0 Å². The van der Waals surface area contributed by atoms with Crippen LogP contribution in [0.3, 0.4) is 0 Å². The molecular weight excluding hydrogens is 357 g/mol. The van der Waals surface area contributed by atoms with Gasteiger partial charge in [-0.15, -0.1) is 6.42 Å². The molecule has 0 amide bonds. The maximum Gasteiger partial charge on any atom is 0.417 e. The molecule has 1 saturated heterocycles. The van der Waals surface area contributed by atoms with Gasteiger partial charge in [-0.05, 0) is 18.2 Å². The molecule has 138 valence electrons. The van der Waals surface area contributed by atoms with Gasteiger partial charge in [-0.3, -0.25) is 4.90 Å². The Morgan fingerprint density at radius 1 is 1.28 bits per heavy atom. The van der Waals surface area contributed by atoms with E-state index in [0.717, 1.165) is 6.07 Å². The molecule has 0 spiro atoms. The molecular formula is C17H20ClF3N2O2. The van der Waals surface area contributed by atoms with Gasteiger partial charge in [0.25, 0.3) is 0 Å². The number of hydrogen-bond acceptors (Lipinski definition) is 4. The number of anilines is 1. The second-order valence-electron chi connectivity index (χ2n) is 5.82. The first-order valence-corrected chi connectivity index (χ1v) is 8.22. The summed E-state index contributed by atoms with van der Waals surface area (Å²) in [6.45, 7) is 3.16. The summed E-state index contributed by atoms with van der Waals surface area (Å²) in [7, 11) is 0. The zero-order valence-corrected chi connectivity index (χ0v) is 14.4. The fourth-order valence-electron chi connectivity index (χ4n) is 2.72. The monoisotopic (exact) mass is 376 g/mol. The van der Waals surface area contributed by atoms with Gasteiger partial charge in [-0.1, -0.05) is 17.5 Å². The maximum atomic E-state index is 13.0. The fourth-order valence-corrected chi connectivity index (χ4v) is 2.95. The van der Waals surface area contributed by atoms with Crippen molar-refractivity contribution in [2.45, 2.75) is 12.3 Å². The lowest BCUT2D eigenvalue weighted by molar-refractivity contribution is -0.137. The van der Waals surface area contributed by atoms with Crippen molar-refractivity contribution < 1.29 is 23.0 Å². The van der Waals surface area contributed by atoms with E-state index in [4.69, 9.17) is 22.8 Å². The van der Waals surface area contributed by atoms with Gasteiger partial charge >= 0.3 is 6.18 Å². The van der Waals surface area contributed by atoms with E-state index in [2.05, 4.69) is 5.92 Å². The number of aliphatic hydroxyl groups excluding tert-OH is 1. The van der Waals surface area contributed by atoms with E-state index in [1.54, 1.807) is 6.07 Å². The zero-order chi connectivity index (χ0) is 18.4. The number of rotatable bonds is 6. The van der Waals surface area contributed by atoms with E-state index in [9.17, 15) is 18.3 Å². The highest BCUT2D eigenvalue weighted by Gasteiger charge is 2.34. The van der Waals surface area contributed by atoms with Crippen molar-refractivity contribution in [2.75, 3.05) is 50.8 Å². The third-order valence-electron chi connectivity index (χ3n) is 3.96. The highest BCUT2D eigenvalue weighted by atomic mass is 35.5. The normalized spacial score (nSPS) is 17.4. The zero-order valence-electron chi connectivity index (χ0n) is 13.6. The Hall–Kier alpha value is -1.46. The second-order valence-corrected chi connectivity index (χ2v) is 6.23. The van der Waals surface area contributed by atoms with Crippen molar-refractivity contribution >= 4 is 17.3 Å². The van der Waals surface area contributed by atoms with Crippen molar-refractivity contribution in [2.24, 2.45) is 0 Å². The first kappa shape index (κ1) is 19.9. The van der Waals surface area contributed by atoms with Gasteiger partial charge in [0.1, 0.15) is 6.61 Å². The van der Waals surface area contributed by atoms with Crippen LogP contribution < -0.4 is 4.90 Å². The van der Waals surface area contributed by atoms with Crippen molar-refractivity contribution in [1.29, 1.82) is 0 Å². The van der Waals surface area contributed by atoms with Crippen LogP contribution in [0.5, 0.6) is 0 Å². The maximum absolute atomic E-state index is 13.0. The lowest BCUT2D eigenvalue weighted by Crippen LogP contribution is -2.49. The van der Waals surface area contributed by atoms with Crippen LogP contribution in [0, 0.1) is 12.3 Å². The number of β-amino-alcohol motifs (C(OH)–C–C–N with tert-alkyl or cyclic N) is 1. The SMILES string of the molecule is C#CCOCC(O)CN1CCN(c2ccc(Cl)c(C(F)(F)F)c2)CC1. The number of piperazine rings is 1. The van der Waals surface area contributed by atoms with Crippen LogP contribution in [0.25, 0.3) is 0 Å². The first-order valence-electron chi connectivity index (χ1n) is 7.84. The van der Waals surface area contributed by atoms with Crippen LogP contribution in [-0.4, -0.2) is 62.0 Å². The van der Waals surface area contributed by atoms with Crippen molar-refractivity contribution in [3.8, 4) is 12.3 Å². The number of nitrogens with zero attached hydrogens (tertiary/aromatic N) is 2. The quantitative estimate of drug-likeness (QED) is 0.611. The van der Waals surface area contributed by atoms with E-state index < -0.39 is 17.8 Å². The van der Waals surface area contributed by atoms with Gasteiger partial charge in [-0.2, -0.15) is 13.2 Å². The van der Waals surface area contributed by atoms with Crippen LogP contribution in [-0.2, 0) is 10.9 Å². The summed E-state index contributed by atoms with van der Waals surface area (Å²) in [4.78, 5) is 3.92. The molecule has 0 aromatic heterocycles. The van der Waals surface area contributed by atoms with Gasteiger partial charge in [-0.25, -0.2) is 0 Å². The summed E-state index contributed by atoms with van der Waals surface area (Å²) in [5.41, 5.74) is -0.329. The summed E-state index contributed by atoms with van der Waals surface area (Å²) in [6, 6.07) is 3.95. The predicted octanol–water partition coefficient (Wildman–Crippen LogP) is 2.49. The molecule has 1 aliphatic heterocycles. The molecule has 1 atom stereocenters. The molecule has 0 aliphatic carbocycles. The highest BCUT2D eigenvalue weighted by molar-refractivity contribution is 6.31. The van der Waals surface area contributed by atoms with Crippen LogP contribution in [0.1, 0.15) is 5.56 Å². The van der Waals surface area contributed by atoms with Gasteiger partial charge < -0.3 is 14.7 Å². The summed E-state index contributed by atoms with van der Waals surface area (Å²) < 4.78 is 44.0. The number of aliphatic hydroxyl groups is 1. The molecule has 1 aromatic carbocycles. The molecule has 0 saturated carbocycles. The topological polar surface area (TPSA) is 35.9 Å². The molecule has 8 heteroatoms. The molecule has 4 nitrogen and oxygen atoms in total. The van der Waals surface area contributed by atoms with Gasteiger partial charge in [0.15, 0.2) is 0 Å². The van der Waals surface area contributed by atoms with E-state index >= 15 is 0 Å². The van der Waals surface area contributed by atoms with Crippen LogP contribution in [0.4, 0.5) is 18.9 Å². The standard InChI is InChI=1S/C17H20ClF3N2O2/c1-2-9-25-12-14(24)11-22-5-7-23(8-6-22)13-3-4-16(18)15(10-13)17(19,20)21/h1,3-4,10,14,24H,5-9,11-12H2. The molecule has 1 aromatic rings. The van der Waals surface area contributed by atoms with E-state index in [-0.39, 0.29) is 18.2 Å². The van der Waals surface area contributed by atoms with Crippen LogP contribution >= 0.6 is 11.6 Å². The lowest BCUT2D eigenvalue weighted by atomic mass is 10.1. The third kappa shape index (κ3) is 5.79. The molecule has 1 unspecified atom stereocenters. The number of hydrogen-bond donors (Lipinski definition) is 1. The molecule has 1 N–H and O–H groups in total. The van der Waals surface area contributed by atoms with Gasteiger partial charge in [0, 0.05) is 38.4 Å². The van der Waals surface area contributed by atoms with E-state index in [0.29, 0.717) is 38.4 Å². The lowest BCUT2D eigenvalue weighted by Gasteiger charge is -2.37.